The highest BCUT2D eigenvalue weighted by atomic mass is 35.5. The van der Waals surface area contributed by atoms with Crippen LogP contribution in [0.4, 0.5) is 11.5 Å². The van der Waals surface area contributed by atoms with Crippen LogP contribution < -0.4 is 16.0 Å². The van der Waals surface area contributed by atoms with Gasteiger partial charge in [0.1, 0.15) is 5.82 Å². The van der Waals surface area contributed by atoms with E-state index in [-0.39, 0.29) is 5.91 Å². The molecule has 0 atom stereocenters. The highest BCUT2D eigenvalue weighted by molar-refractivity contribution is 6.31. The summed E-state index contributed by atoms with van der Waals surface area (Å²) in [5.41, 5.74) is 10.5. The summed E-state index contributed by atoms with van der Waals surface area (Å²) in [5, 5.41) is 5.31. The Morgan fingerprint density at radius 3 is 2.48 bits per heavy atom. The number of aromatic nitrogens is 2. The first kappa shape index (κ1) is 22.6. The molecule has 0 radical (unpaired) electrons. The molecule has 0 saturated heterocycles. The summed E-state index contributed by atoms with van der Waals surface area (Å²) in [7, 11) is 4.04. The Bertz CT molecular complexity index is 1290. The van der Waals surface area contributed by atoms with Gasteiger partial charge in [0.25, 0.3) is 5.91 Å². The number of hydrogen-bond acceptors (Lipinski definition) is 5. The van der Waals surface area contributed by atoms with Gasteiger partial charge in [0, 0.05) is 44.1 Å². The number of nitrogens with one attached hydrogen (secondary N) is 1. The van der Waals surface area contributed by atoms with Gasteiger partial charge in [-0.3, -0.25) is 9.78 Å². The highest BCUT2D eigenvalue weighted by Gasteiger charge is 2.11. The van der Waals surface area contributed by atoms with Crippen molar-refractivity contribution in [3.05, 3.63) is 94.4 Å². The predicted molar refractivity (Wildman–Crippen MR) is 135 cm³/mol. The van der Waals surface area contributed by atoms with Crippen molar-refractivity contribution in [1.82, 2.24) is 15.3 Å². The third kappa shape index (κ3) is 5.41. The molecule has 168 valence electrons. The van der Waals surface area contributed by atoms with E-state index in [1.165, 1.54) is 5.56 Å². The summed E-state index contributed by atoms with van der Waals surface area (Å²) < 4.78 is 0. The van der Waals surface area contributed by atoms with Gasteiger partial charge < -0.3 is 16.0 Å². The molecule has 0 aliphatic carbocycles. The number of nitrogens with two attached hydrogens (primary N) is 1. The third-order valence-electron chi connectivity index (χ3n) is 5.60. The minimum Gasteiger partial charge on any atom is -0.383 e. The second kappa shape index (κ2) is 9.88. The van der Waals surface area contributed by atoms with E-state index in [2.05, 4.69) is 44.5 Å². The lowest BCUT2D eigenvalue weighted by Crippen LogP contribution is -2.23. The number of carbonyl (C=O) groups excluding carboxylic acids is 1. The lowest BCUT2D eigenvalue weighted by molar-refractivity contribution is 0.0950. The van der Waals surface area contributed by atoms with Crippen LogP contribution in [0, 0.1) is 0 Å². The summed E-state index contributed by atoms with van der Waals surface area (Å²) in [6, 6.07) is 17.8. The summed E-state index contributed by atoms with van der Waals surface area (Å²) in [5.74, 6) is 0.277. The Morgan fingerprint density at radius 2 is 1.76 bits per heavy atom. The van der Waals surface area contributed by atoms with Crippen LogP contribution in [-0.4, -0.2) is 30.0 Å². The molecule has 33 heavy (non-hydrogen) atoms. The quantitative estimate of drug-likeness (QED) is 0.420. The maximum absolute atomic E-state index is 12.6. The summed E-state index contributed by atoms with van der Waals surface area (Å²) in [6.07, 6.45) is 4.79. The molecule has 0 bridgehead atoms. The SMILES string of the molecule is CN(C)c1ccc(CCc2ncc(C(=O)NCc3ccc4c(N)nccc4c3)cc2Cl)cc1. The van der Waals surface area contributed by atoms with Gasteiger partial charge in [0.15, 0.2) is 0 Å². The standard InChI is InChI=1S/C26H26ClN5O/c1-32(2)21-7-3-17(4-8-21)6-10-24-23(27)14-20(16-30-24)26(33)31-15-18-5-9-22-19(13-18)11-12-29-25(22)28/h3-5,7-9,11-14,16H,6,10,15H2,1-2H3,(H2,28,29)(H,31,33). The Balaban J connectivity index is 1.36. The smallest absolute Gasteiger partial charge is 0.253 e. The van der Waals surface area contributed by atoms with E-state index < -0.39 is 0 Å². The van der Waals surface area contributed by atoms with E-state index in [0.29, 0.717) is 29.4 Å². The van der Waals surface area contributed by atoms with Gasteiger partial charge in [-0.2, -0.15) is 0 Å². The predicted octanol–water partition coefficient (Wildman–Crippen LogP) is 4.65. The van der Waals surface area contributed by atoms with E-state index in [9.17, 15) is 4.79 Å². The first-order chi connectivity index (χ1) is 15.9. The van der Waals surface area contributed by atoms with Crippen molar-refractivity contribution in [1.29, 1.82) is 0 Å². The fourth-order valence-electron chi connectivity index (χ4n) is 3.64. The Labute approximate surface area is 198 Å². The Kier molecular flexibility index (Phi) is 6.75. The molecule has 2 heterocycles. The number of nitrogens with zero attached hydrogens (tertiary/aromatic N) is 3. The van der Waals surface area contributed by atoms with Gasteiger partial charge in [0.05, 0.1) is 16.3 Å². The largest absolute Gasteiger partial charge is 0.383 e. The fraction of sp³-hybridized carbons (Fsp3) is 0.192. The number of halogens is 1. The normalized spacial score (nSPS) is 10.9. The molecular weight excluding hydrogens is 434 g/mol. The molecule has 1 amide bonds. The van der Waals surface area contributed by atoms with E-state index in [4.69, 9.17) is 17.3 Å². The van der Waals surface area contributed by atoms with Gasteiger partial charge in [-0.15, -0.1) is 0 Å². The summed E-state index contributed by atoms with van der Waals surface area (Å²) in [6.45, 7) is 0.388. The number of rotatable bonds is 7. The van der Waals surface area contributed by atoms with Gasteiger partial charge in [0.2, 0.25) is 0 Å². The van der Waals surface area contributed by atoms with Crippen molar-refractivity contribution in [2.24, 2.45) is 0 Å². The maximum Gasteiger partial charge on any atom is 0.253 e. The molecule has 0 aliphatic rings. The molecule has 0 spiro atoms. The number of hydrogen-bond donors (Lipinski definition) is 2. The van der Waals surface area contributed by atoms with E-state index in [0.717, 1.165) is 34.1 Å². The highest BCUT2D eigenvalue weighted by Crippen LogP contribution is 2.21. The van der Waals surface area contributed by atoms with Crippen LogP contribution in [-0.2, 0) is 19.4 Å². The molecule has 0 aliphatic heterocycles. The number of pyridine rings is 2. The fourth-order valence-corrected chi connectivity index (χ4v) is 3.90. The van der Waals surface area contributed by atoms with Crippen LogP contribution in [0.1, 0.15) is 27.2 Å². The number of fused-ring (bicyclic) bond motifs is 1. The first-order valence-electron chi connectivity index (χ1n) is 10.7. The van der Waals surface area contributed by atoms with Crippen LogP contribution >= 0.6 is 11.6 Å². The van der Waals surface area contributed by atoms with Gasteiger partial charge >= 0.3 is 0 Å². The maximum atomic E-state index is 12.6. The number of aryl methyl sites for hydroxylation is 2. The molecule has 4 aromatic rings. The molecule has 2 aromatic carbocycles. The number of carbonyl (C=O) groups is 1. The minimum absolute atomic E-state index is 0.218. The van der Waals surface area contributed by atoms with E-state index >= 15 is 0 Å². The molecule has 0 saturated carbocycles. The second-order valence-electron chi connectivity index (χ2n) is 8.15. The molecule has 4 rings (SSSR count). The number of amides is 1. The molecule has 0 fully saturated rings. The molecular formula is C26H26ClN5O. The molecule has 0 unspecified atom stereocenters. The average molecular weight is 460 g/mol. The second-order valence-corrected chi connectivity index (χ2v) is 8.55. The zero-order chi connectivity index (χ0) is 23.4. The lowest BCUT2D eigenvalue weighted by Gasteiger charge is -2.12. The van der Waals surface area contributed by atoms with Crippen molar-refractivity contribution in [2.75, 3.05) is 24.7 Å². The Hall–Kier alpha value is -3.64. The van der Waals surface area contributed by atoms with Crippen molar-refractivity contribution >= 4 is 39.8 Å². The monoisotopic (exact) mass is 459 g/mol. The number of nitrogen functional groups attached to an aromatic ring is 1. The van der Waals surface area contributed by atoms with Gasteiger partial charge in [-0.25, -0.2) is 4.98 Å². The molecule has 6 nitrogen and oxygen atoms in total. The lowest BCUT2D eigenvalue weighted by atomic mass is 10.1. The number of benzene rings is 2. The zero-order valence-electron chi connectivity index (χ0n) is 18.7. The van der Waals surface area contributed by atoms with Crippen molar-refractivity contribution < 1.29 is 4.79 Å². The first-order valence-corrected chi connectivity index (χ1v) is 11.1. The van der Waals surface area contributed by atoms with Crippen molar-refractivity contribution in [3.63, 3.8) is 0 Å². The molecule has 2 aromatic heterocycles. The van der Waals surface area contributed by atoms with E-state index in [1.807, 2.05) is 38.4 Å². The number of anilines is 2. The Morgan fingerprint density at radius 1 is 1.00 bits per heavy atom. The summed E-state index contributed by atoms with van der Waals surface area (Å²) in [4.78, 5) is 23.2. The van der Waals surface area contributed by atoms with E-state index in [1.54, 1.807) is 18.5 Å². The average Bonchev–Trinajstić information content (AvgIpc) is 2.82. The molecule has 7 heteroatoms. The topological polar surface area (TPSA) is 84.1 Å². The molecule has 3 N–H and O–H groups in total. The van der Waals surface area contributed by atoms with Crippen LogP contribution in [0.3, 0.4) is 0 Å². The van der Waals surface area contributed by atoms with Crippen LogP contribution in [0.25, 0.3) is 10.8 Å². The van der Waals surface area contributed by atoms with Crippen LogP contribution in [0.15, 0.2) is 67.0 Å². The van der Waals surface area contributed by atoms with Gasteiger partial charge in [-0.05, 0) is 59.7 Å². The van der Waals surface area contributed by atoms with Crippen molar-refractivity contribution in [2.45, 2.75) is 19.4 Å². The summed E-state index contributed by atoms with van der Waals surface area (Å²) >= 11 is 6.44. The minimum atomic E-state index is -0.218. The zero-order valence-corrected chi connectivity index (χ0v) is 19.4. The van der Waals surface area contributed by atoms with Crippen LogP contribution in [0.5, 0.6) is 0 Å². The third-order valence-corrected chi connectivity index (χ3v) is 5.92. The van der Waals surface area contributed by atoms with Crippen molar-refractivity contribution in [3.8, 4) is 0 Å². The van der Waals surface area contributed by atoms with Crippen LogP contribution in [0.2, 0.25) is 5.02 Å². The van der Waals surface area contributed by atoms with Gasteiger partial charge in [-0.1, -0.05) is 35.9 Å².